The summed E-state index contributed by atoms with van der Waals surface area (Å²) < 4.78 is 18.4. The fraction of sp³-hybridized carbons (Fsp3) is 0.394. The van der Waals surface area contributed by atoms with Crippen LogP contribution in [0.15, 0.2) is 77.7 Å². The molecule has 1 fully saturated rings. The van der Waals surface area contributed by atoms with Crippen LogP contribution >= 0.6 is 11.8 Å². The van der Waals surface area contributed by atoms with E-state index >= 15 is 0 Å². The summed E-state index contributed by atoms with van der Waals surface area (Å²) in [4.78, 5) is 24.4. The van der Waals surface area contributed by atoms with E-state index in [-0.39, 0.29) is 30.6 Å². The number of rotatable bonds is 14. The zero-order valence-electron chi connectivity index (χ0n) is 24.2. The van der Waals surface area contributed by atoms with Gasteiger partial charge < -0.3 is 30.0 Å². The number of ether oxygens (including phenoxy) is 3. The van der Waals surface area contributed by atoms with E-state index in [9.17, 15) is 14.7 Å². The second-order valence-corrected chi connectivity index (χ2v) is 11.3. The summed E-state index contributed by atoms with van der Waals surface area (Å²) in [6, 6.07) is 23.4. The molecule has 9 heteroatoms. The number of benzene rings is 3. The van der Waals surface area contributed by atoms with Gasteiger partial charge in [0.15, 0.2) is 6.29 Å². The molecule has 2 amide bonds. The number of anilines is 1. The van der Waals surface area contributed by atoms with E-state index in [0.717, 1.165) is 58.0 Å². The van der Waals surface area contributed by atoms with Gasteiger partial charge in [0.25, 0.3) is 0 Å². The van der Waals surface area contributed by atoms with Crippen molar-refractivity contribution in [2.75, 3.05) is 24.7 Å². The third-order valence-electron chi connectivity index (χ3n) is 7.03. The molecule has 1 aliphatic heterocycles. The monoisotopic (exact) mass is 592 g/mol. The maximum Gasteiger partial charge on any atom is 0.224 e. The summed E-state index contributed by atoms with van der Waals surface area (Å²) in [6.07, 6.45) is 2.79. The number of carbonyl (C=O) groups is 2. The maximum absolute atomic E-state index is 12.4. The van der Waals surface area contributed by atoms with Crippen molar-refractivity contribution >= 4 is 29.3 Å². The van der Waals surface area contributed by atoms with Crippen LogP contribution in [0.25, 0.3) is 0 Å². The zero-order valence-corrected chi connectivity index (χ0v) is 25.0. The Morgan fingerprint density at radius 2 is 1.69 bits per heavy atom. The highest BCUT2D eigenvalue weighted by Gasteiger charge is 2.32. The molecular weight excluding hydrogens is 552 g/mol. The summed E-state index contributed by atoms with van der Waals surface area (Å²) in [6.45, 7) is 2.14. The van der Waals surface area contributed by atoms with Gasteiger partial charge in [-0.2, -0.15) is 0 Å². The lowest BCUT2D eigenvalue weighted by atomic mass is 10.0. The molecule has 0 aliphatic carbocycles. The van der Waals surface area contributed by atoms with Crippen LogP contribution in [0.2, 0.25) is 0 Å². The summed E-state index contributed by atoms with van der Waals surface area (Å²) in [5.41, 5.74) is 3.48. The molecule has 3 N–H and O–H groups in total. The van der Waals surface area contributed by atoms with Gasteiger partial charge in [-0.3, -0.25) is 9.59 Å². The number of thioether (sulfide) groups is 1. The highest BCUT2D eigenvalue weighted by Crippen LogP contribution is 2.40. The predicted molar refractivity (Wildman–Crippen MR) is 164 cm³/mol. The Balaban J connectivity index is 1.38. The van der Waals surface area contributed by atoms with Crippen LogP contribution in [0, 0.1) is 0 Å². The Kier molecular flexibility index (Phi) is 12.3. The normalized spacial score (nSPS) is 18.3. The van der Waals surface area contributed by atoms with Gasteiger partial charge in [-0.05, 0) is 48.2 Å². The molecule has 224 valence electrons. The van der Waals surface area contributed by atoms with Crippen molar-refractivity contribution in [2.24, 2.45) is 0 Å². The first-order valence-corrected chi connectivity index (χ1v) is 15.3. The van der Waals surface area contributed by atoms with Crippen LogP contribution in [0.1, 0.15) is 68.1 Å². The van der Waals surface area contributed by atoms with Gasteiger partial charge in [-0.1, -0.05) is 55.0 Å². The fourth-order valence-corrected chi connectivity index (χ4v) is 5.79. The summed E-state index contributed by atoms with van der Waals surface area (Å²) in [7, 11) is 1.68. The van der Waals surface area contributed by atoms with Crippen LogP contribution in [0.4, 0.5) is 5.69 Å². The maximum atomic E-state index is 12.4. The number of hydrogen-bond acceptors (Lipinski definition) is 7. The molecule has 0 unspecified atom stereocenters. The van der Waals surface area contributed by atoms with Crippen LogP contribution < -0.4 is 15.4 Å². The lowest BCUT2D eigenvalue weighted by molar-refractivity contribution is -0.245. The molecule has 4 rings (SSSR count). The van der Waals surface area contributed by atoms with Crippen LogP contribution in [-0.4, -0.2) is 42.4 Å². The Morgan fingerprint density at radius 3 is 2.40 bits per heavy atom. The number of carbonyl (C=O) groups excluding carboxylic acids is 2. The Hall–Kier alpha value is -3.37. The number of amides is 2. The van der Waals surface area contributed by atoms with E-state index in [1.54, 1.807) is 18.9 Å². The second kappa shape index (κ2) is 16.3. The van der Waals surface area contributed by atoms with Crippen molar-refractivity contribution < 1.29 is 28.9 Å². The van der Waals surface area contributed by atoms with Gasteiger partial charge in [-0.25, -0.2) is 0 Å². The number of hydrogen-bond donors (Lipinski definition) is 3. The van der Waals surface area contributed by atoms with E-state index in [1.165, 1.54) is 6.92 Å². The number of aliphatic hydroxyl groups excluding tert-OH is 1. The van der Waals surface area contributed by atoms with E-state index in [4.69, 9.17) is 14.2 Å². The van der Waals surface area contributed by atoms with Gasteiger partial charge in [0, 0.05) is 48.2 Å². The van der Waals surface area contributed by atoms with E-state index < -0.39 is 6.29 Å². The molecule has 3 aromatic rings. The lowest BCUT2D eigenvalue weighted by Gasteiger charge is -2.36. The van der Waals surface area contributed by atoms with E-state index in [2.05, 4.69) is 10.6 Å². The Labute approximate surface area is 252 Å². The third kappa shape index (κ3) is 9.59. The minimum atomic E-state index is -0.571. The van der Waals surface area contributed by atoms with E-state index in [0.29, 0.717) is 19.4 Å². The first-order valence-electron chi connectivity index (χ1n) is 14.4. The van der Waals surface area contributed by atoms with Gasteiger partial charge in [0.05, 0.1) is 25.9 Å². The Bertz CT molecular complexity index is 1280. The van der Waals surface area contributed by atoms with Crippen molar-refractivity contribution in [2.45, 2.75) is 69.0 Å². The van der Waals surface area contributed by atoms with Gasteiger partial charge in [0.1, 0.15) is 5.75 Å². The zero-order chi connectivity index (χ0) is 29.7. The van der Waals surface area contributed by atoms with Gasteiger partial charge >= 0.3 is 0 Å². The highest BCUT2D eigenvalue weighted by atomic mass is 32.2. The molecule has 0 radical (unpaired) electrons. The molecule has 0 bridgehead atoms. The third-order valence-corrected chi connectivity index (χ3v) is 8.22. The molecule has 1 aliphatic rings. The SMILES string of the molecule is COc1ccccc1SC[C@H]1C[C@@H](c2ccc(CO)cc2)O[C@@H](c2ccc(NC(=O)CCCCCNC(C)=O)cc2)O1. The van der Waals surface area contributed by atoms with Crippen LogP contribution in [0.5, 0.6) is 5.75 Å². The smallest absolute Gasteiger partial charge is 0.224 e. The first-order chi connectivity index (χ1) is 20.4. The molecule has 8 nitrogen and oxygen atoms in total. The van der Waals surface area contributed by atoms with Crippen molar-refractivity contribution in [1.29, 1.82) is 0 Å². The Morgan fingerprint density at radius 1 is 0.952 bits per heavy atom. The van der Waals surface area contributed by atoms with Crippen LogP contribution in [0.3, 0.4) is 0 Å². The largest absolute Gasteiger partial charge is 0.496 e. The molecule has 0 spiro atoms. The molecule has 42 heavy (non-hydrogen) atoms. The lowest BCUT2D eigenvalue weighted by Crippen LogP contribution is -2.31. The number of para-hydroxylation sites is 1. The molecule has 1 saturated heterocycles. The fourth-order valence-electron chi connectivity index (χ4n) is 4.74. The highest BCUT2D eigenvalue weighted by molar-refractivity contribution is 7.99. The molecule has 3 atom stereocenters. The summed E-state index contributed by atoms with van der Waals surface area (Å²) in [5.74, 6) is 1.50. The standard InChI is InChI=1S/C33H40N2O6S/c1-23(37)34-19-7-3-4-10-32(38)35-27-17-15-26(16-18-27)33-40-28(22-42-31-9-6-5-8-29(31)39-2)20-30(41-33)25-13-11-24(21-36)12-14-25/h5-6,8-9,11-18,28,30,33,36H,3-4,7,10,19-22H2,1-2H3,(H,34,37)(H,35,38)/t28-,30+,33+/m1/s1. The second-order valence-electron chi connectivity index (χ2n) is 10.3. The molecule has 0 aromatic heterocycles. The summed E-state index contributed by atoms with van der Waals surface area (Å²) >= 11 is 1.70. The molecule has 0 saturated carbocycles. The minimum absolute atomic E-state index is 0.00277. The summed E-state index contributed by atoms with van der Waals surface area (Å²) in [5, 5.41) is 15.2. The van der Waals surface area contributed by atoms with Crippen molar-refractivity contribution in [1.82, 2.24) is 5.32 Å². The van der Waals surface area contributed by atoms with Crippen molar-refractivity contribution in [3.63, 3.8) is 0 Å². The minimum Gasteiger partial charge on any atom is -0.496 e. The number of unbranched alkanes of at least 4 members (excludes halogenated alkanes) is 2. The van der Waals surface area contributed by atoms with Gasteiger partial charge in [0.2, 0.25) is 11.8 Å². The number of nitrogens with one attached hydrogen (secondary N) is 2. The van der Waals surface area contributed by atoms with Crippen LogP contribution in [-0.2, 0) is 25.7 Å². The number of methoxy groups -OCH3 is 1. The van der Waals surface area contributed by atoms with Crippen molar-refractivity contribution in [3.05, 3.63) is 89.5 Å². The average molecular weight is 593 g/mol. The molecular formula is C33H40N2O6S. The molecule has 1 heterocycles. The molecule has 3 aromatic carbocycles. The quantitative estimate of drug-likeness (QED) is 0.152. The van der Waals surface area contributed by atoms with Gasteiger partial charge in [-0.15, -0.1) is 11.8 Å². The number of aliphatic hydroxyl groups is 1. The predicted octanol–water partition coefficient (Wildman–Crippen LogP) is 6.16. The van der Waals surface area contributed by atoms with Crippen molar-refractivity contribution in [3.8, 4) is 5.75 Å². The average Bonchev–Trinajstić information content (AvgIpc) is 3.02. The first kappa shape index (κ1) is 31.6. The topological polar surface area (TPSA) is 106 Å². The van der Waals surface area contributed by atoms with E-state index in [1.807, 2.05) is 72.8 Å².